The van der Waals surface area contributed by atoms with Crippen LogP contribution in [0.4, 0.5) is 0 Å². The van der Waals surface area contributed by atoms with E-state index >= 15 is 0 Å². The first-order valence-corrected chi connectivity index (χ1v) is 13.3. The van der Waals surface area contributed by atoms with E-state index < -0.39 is 47.9 Å². The summed E-state index contributed by atoms with van der Waals surface area (Å²) < 4.78 is 0. The van der Waals surface area contributed by atoms with Gasteiger partial charge >= 0.3 is 5.97 Å². The van der Waals surface area contributed by atoms with E-state index in [4.69, 9.17) is 5.73 Å². The second kappa shape index (κ2) is 15.4. The predicted octanol–water partition coefficient (Wildman–Crippen LogP) is 1.55. The van der Waals surface area contributed by atoms with Crippen molar-refractivity contribution in [2.24, 2.45) is 17.6 Å². The molecule has 0 spiro atoms. The van der Waals surface area contributed by atoms with Crippen molar-refractivity contribution in [1.82, 2.24) is 16.0 Å². The number of thioether (sulfide) groups is 1. The number of carboxylic acid groups (broad SMARTS) is 1. The van der Waals surface area contributed by atoms with Crippen LogP contribution in [0.2, 0.25) is 0 Å². The van der Waals surface area contributed by atoms with E-state index in [9.17, 15) is 24.3 Å². The maximum Gasteiger partial charge on any atom is 0.326 e. The van der Waals surface area contributed by atoms with Gasteiger partial charge in [0.2, 0.25) is 17.7 Å². The van der Waals surface area contributed by atoms with E-state index in [0.717, 1.165) is 5.56 Å². The lowest BCUT2D eigenvalue weighted by molar-refractivity contribution is -0.142. The van der Waals surface area contributed by atoms with Gasteiger partial charge in [-0.25, -0.2) is 4.79 Å². The van der Waals surface area contributed by atoms with Crippen molar-refractivity contribution in [2.75, 3.05) is 12.0 Å². The smallest absolute Gasteiger partial charge is 0.326 e. The molecule has 0 heterocycles. The van der Waals surface area contributed by atoms with Gasteiger partial charge in [-0.15, -0.1) is 0 Å². The molecule has 196 valence electrons. The Morgan fingerprint density at radius 3 is 2.06 bits per heavy atom. The molecule has 10 heteroatoms. The fraction of sp³-hybridized carbons (Fsp3) is 0.600. The highest BCUT2D eigenvalue weighted by molar-refractivity contribution is 7.98. The molecule has 35 heavy (non-hydrogen) atoms. The summed E-state index contributed by atoms with van der Waals surface area (Å²) in [5.41, 5.74) is 6.70. The van der Waals surface area contributed by atoms with Gasteiger partial charge in [0.15, 0.2) is 0 Å². The van der Waals surface area contributed by atoms with Gasteiger partial charge in [0.05, 0.1) is 6.04 Å². The highest BCUT2D eigenvalue weighted by Crippen LogP contribution is 2.12. The largest absolute Gasteiger partial charge is 0.480 e. The number of aliphatic carboxylic acids is 1. The van der Waals surface area contributed by atoms with Crippen LogP contribution < -0.4 is 21.7 Å². The number of carboxylic acids is 1. The molecule has 9 nitrogen and oxygen atoms in total. The third-order valence-electron chi connectivity index (χ3n) is 5.96. The zero-order valence-corrected chi connectivity index (χ0v) is 22.1. The number of nitrogens with one attached hydrogen (secondary N) is 3. The normalized spacial score (nSPS) is 15.4. The Labute approximate surface area is 212 Å². The molecule has 0 saturated carbocycles. The Morgan fingerprint density at radius 1 is 0.943 bits per heavy atom. The second-order valence-electron chi connectivity index (χ2n) is 9.07. The summed E-state index contributed by atoms with van der Waals surface area (Å²) in [6.07, 6.45) is 2.95. The lowest BCUT2D eigenvalue weighted by atomic mass is 9.96. The molecular formula is C25H40N4O5S. The van der Waals surface area contributed by atoms with E-state index in [1.165, 1.54) is 11.8 Å². The van der Waals surface area contributed by atoms with E-state index in [0.29, 0.717) is 18.6 Å². The minimum Gasteiger partial charge on any atom is -0.480 e. The Kier molecular flexibility index (Phi) is 13.4. The van der Waals surface area contributed by atoms with Gasteiger partial charge < -0.3 is 26.8 Å². The lowest BCUT2D eigenvalue weighted by Gasteiger charge is -2.28. The Morgan fingerprint density at radius 2 is 1.54 bits per heavy atom. The van der Waals surface area contributed by atoms with Crippen LogP contribution in [0.3, 0.4) is 0 Å². The van der Waals surface area contributed by atoms with Crippen molar-refractivity contribution in [3.63, 3.8) is 0 Å². The van der Waals surface area contributed by atoms with Crippen LogP contribution >= 0.6 is 11.8 Å². The molecule has 5 unspecified atom stereocenters. The summed E-state index contributed by atoms with van der Waals surface area (Å²) in [6, 6.07) is 5.27. The quantitative estimate of drug-likeness (QED) is 0.241. The molecule has 5 atom stereocenters. The standard InChI is InChI=1S/C25H40N4O5S/c1-6-16(4)21(24(32)28-19(25(33)34)14-17-10-8-7-9-11-17)29-22(30)18(12-13-35-5)27-23(31)20(26)15(2)3/h7-11,15-16,18-21H,6,12-14,26H2,1-5H3,(H,27,31)(H,28,32)(H,29,30)(H,33,34). The van der Waals surface area contributed by atoms with E-state index in [-0.39, 0.29) is 18.3 Å². The number of hydrogen-bond donors (Lipinski definition) is 5. The molecule has 0 aromatic heterocycles. The number of benzene rings is 1. The maximum atomic E-state index is 13.2. The van der Waals surface area contributed by atoms with Crippen LogP contribution in [0, 0.1) is 11.8 Å². The van der Waals surface area contributed by atoms with Crippen LogP contribution in [0.15, 0.2) is 30.3 Å². The van der Waals surface area contributed by atoms with Crippen LogP contribution in [-0.4, -0.2) is 65.0 Å². The number of hydrogen-bond acceptors (Lipinski definition) is 6. The van der Waals surface area contributed by atoms with Gasteiger partial charge in [0, 0.05) is 6.42 Å². The summed E-state index contributed by atoms with van der Waals surface area (Å²) in [5, 5.41) is 17.7. The van der Waals surface area contributed by atoms with Gasteiger partial charge in [-0.2, -0.15) is 11.8 Å². The minimum absolute atomic E-state index is 0.101. The highest BCUT2D eigenvalue weighted by atomic mass is 32.2. The molecule has 0 radical (unpaired) electrons. The maximum absolute atomic E-state index is 13.2. The molecule has 0 bridgehead atoms. The lowest BCUT2D eigenvalue weighted by Crippen LogP contribution is -2.59. The molecule has 0 saturated heterocycles. The average Bonchev–Trinajstić information content (AvgIpc) is 2.83. The molecule has 0 aliphatic carbocycles. The summed E-state index contributed by atoms with van der Waals surface area (Å²) in [4.78, 5) is 50.6. The van der Waals surface area contributed by atoms with Gasteiger partial charge in [-0.1, -0.05) is 64.4 Å². The van der Waals surface area contributed by atoms with E-state index in [2.05, 4.69) is 16.0 Å². The summed E-state index contributed by atoms with van der Waals surface area (Å²) in [7, 11) is 0. The number of carbonyl (C=O) groups is 4. The second-order valence-corrected chi connectivity index (χ2v) is 10.1. The number of amides is 3. The topological polar surface area (TPSA) is 151 Å². The van der Waals surface area contributed by atoms with Gasteiger partial charge in [-0.05, 0) is 35.8 Å². The Hall–Kier alpha value is -2.59. The fourth-order valence-electron chi connectivity index (χ4n) is 3.34. The Balaban J connectivity index is 3.01. The van der Waals surface area contributed by atoms with Gasteiger partial charge in [0.1, 0.15) is 18.1 Å². The number of nitrogens with two attached hydrogens (primary N) is 1. The zero-order chi connectivity index (χ0) is 26.5. The third-order valence-corrected chi connectivity index (χ3v) is 6.60. The third kappa shape index (κ3) is 10.3. The van der Waals surface area contributed by atoms with E-state index in [1.807, 2.05) is 40.0 Å². The first-order chi connectivity index (χ1) is 16.5. The van der Waals surface area contributed by atoms with Crippen LogP contribution in [-0.2, 0) is 25.6 Å². The van der Waals surface area contributed by atoms with Crippen molar-refractivity contribution in [3.05, 3.63) is 35.9 Å². The first kappa shape index (κ1) is 30.4. The van der Waals surface area contributed by atoms with Crippen molar-refractivity contribution in [3.8, 4) is 0 Å². The monoisotopic (exact) mass is 508 g/mol. The molecule has 1 aromatic rings. The van der Waals surface area contributed by atoms with Crippen LogP contribution in [0.25, 0.3) is 0 Å². The molecular weight excluding hydrogens is 468 g/mol. The van der Waals surface area contributed by atoms with Crippen molar-refractivity contribution in [2.45, 2.75) is 71.1 Å². The molecule has 0 aliphatic rings. The molecule has 3 amide bonds. The number of rotatable bonds is 15. The summed E-state index contributed by atoms with van der Waals surface area (Å²) in [6.45, 7) is 7.32. The summed E-state index contributed by atoms with van der Waals surface area (Å²) in [5.74, 6) is -2.42. The van der Waals surface area contributed by atoms with Gasteiger partial charge in [-0.3, -0.25) is 14.4 Å². The average molecular weight is 509 g/mol. The summed E-state index contributed by atoms with van der Waals surface area (Å²) >= 11 is 1.53. The molecule has 1 aromatic carbocycles. The SMILES string of the molecule is CCC(C)C(NC(=O)C(CCSC)NC(=O)C(N)C(C)C)C(=O)NC(Cc1ccccc1)C(=O)O. The van der Waals surface area contributed by atoms with Crippen molar-refractivity contribution < 1.29 is 24.3 Å². The molecule has 0 aliphatic heterocycles. The highest BCUT2D eigenvalue weighted by Gasteiger charge is 2.33. The first-order valence-electron chi connectivity index (χ1n) is 11.9. The zero-order valence-electron chi connectivity index (χ0n) is 21.2. The van der Waals surface area contributed by atoms with Gasteiger partial charge in [0.25, 0.3) is 0 Å². The molecule has 0 fully saturated rings. The minimum atomic E-state index is -1.16. The predicted molar refractivity (Wildman–Crippen MR) is 139 cm³/mol. The van der Waals surface area contributed by atoms with Crippen molar-refractivity contribution in [1.29, 1.82) is 0 Å². The van der Waals surface area contributed by atoms with Crippen LogP contribution in [0.1, 0.15) is 46.1 Å². The number of carbonyl (C=O) groups excluding carboxylic acids is 3. The fourth-order valence-corrected chi connectivity index (χ4v) is 3.81. The molecule has 6 N–H and O–H groups in total. The van der Waals surface area contributed by atoms with E-state index in [1.54, 1.807) is 24.3 Å². The van der Waals surface area contributed by atoms with Crippen LogP contribution in [0.5, 0.6) is 0 Å². The Bertz CT molecular complexity index is 836. The van der Waals surface area contributed by atoms with Crippen molar-refractivity contribution >= 4 is 35.5 Å². The molecule has 1 rings (SSSR count).